The number of H-pyrrole nitrogens is 1. The molecule has 5 nitrogen and oxygen atoms in total. The van der Waals surface area contributed by atoms with Gasteiger partial charge in [-0.3, -0.25) is 19.3 Å². The molecule has 11 heteroatoms. The average Bonchev–Trinajstić information content (AvgIpc) is 3.25. The lowest BCUT2D eigenvalue weighted by atomic mass is 9.83. The first-order valence-electron chi connectivity index (χ1n) is 12.0. The van der Waals surface area contributed by atoms with E-state index >= 15 is 0 Å². The van der Waals surface area contributed by atoms with E-state index in [1.165, 1.54) is 4.90 Å². The van der Waals surface area contributed by atoms with Crippen LogP contribution >= 0.6 is 23.2 Å². The minimum Gasteiger partial charge on any atom is -0.380 e. The van der Waals surface area contributed by atoms with Crippen LogP contribution < -0.4 is 5.32 Å². The zero-order valence-corrected chi connectivity index (χ0v) is 21.2. The van der Waals surface area contributed by atoms with Gasteiger partial charge in [-0.15, -0.1) is 0 Å². The van der Waals surface area contributed by atoms with Gasteiger partial charge in [-0.05, 0) is 49.1 Å². The van der Waals surface area contributed by atoms with Crippen LogP contribution in [0.3, 0.4) is 0 Å². The smallest absolute Gasteiger partial charge is 0.380 e. The predicted octanol–water partition coefficient (Wildman–Crippen LogP) is 6.22. The molecule has 2 aliphatic rings. The molecule has 1 saturated heterocycles. The normalized spacial score (nSPS) is 21.5. The topological polar surface area (TPSA) is 47.2 Å². The lowest BCUT2D eigenvalue weighted by Gasteiger charge is -2.43. The Bertz CT molecular complexity index is 1220. The van der Waals surface area contributed by atoms with E-state index in [0.717, 1.165) is 35.1 Å². The standard InChI is InChI=1S/C25H27Cl2F4N5/c1-14-7-18-17(3-4-22-19(18)10-32-34-22)24(36(14)13-25(29,30)31)23-20(26)8-15(9-21(23)27)33-16-11-35(12-16)6-2-5-28/h3-4,8-10,14,16,24,33H,2,5-7,11-13H2,1H3,(H,32,34)/t14-,24+/m1/s1. The van der Waals surface area contributed by atoms with Crippen molar-refractivity contribution in [1.82, 2.24) is 20.0 Å². The third kappa shape index (κ3) is 5.03. The molecule has 194 valence electrons. The molecule has 2 aromatic carbocycles. The highest BCUT2D eigenvalue weighted by Gasteiger charge is 2.42. The second-order valence-electron chi connectivity index (χ2n) is 9.70. The van der Waals surface area contributed by atoms with E-state index < -0.39 is 24.8 Å². The van der Waals surface area contributed by atoms with Crippen molar-refractivity contribution in [3.8, 4) is 0 Å². The van der Waals surface area contributed by atoms with Crippen LogP contribution in [-0.2, 0) is 6.42 Å². The minimum atomic E-state index is -4.39. The lowest BCUT2D eigenvalue weighted by molar-refractivity contribution is -0.155. The number of halogens is 6. The summed E-state index contributed by atoms with van der Waals surface area (Å²) in [4.78, 5) is 3.59. The number of fused-ring (bicyclic) bond motifs is 3. The van der Waals surface area contributed by atoms with Crippen LogP contribution in [0, 0.1) is 0 Å². The molecule has 0 radical (unpaired) electrons. The van der Waals surface area contributed by atoms with Crippen molar-refractivity contribution in [3.63, 3.8) is 0 Å². The first kappa shape index (κ1) is 25.6. The summed E-state index contributed by atoms with van der Waals surface area (Å²) in [6.45, 7) is 2.67. The zero-order chi connectivity index (χ0) is 25.6. The van der Waals surface area contributed by atoms with Crippen LogP contribution in [-0.4, -0.2) is 71.1 Å². The van der Waals surface area contributed by atoms with Crippen molar-refractivity contribution >= 4 is 39.8 Å². The van der Waals surface area contributed by atoms with Crippen molar-refractivity contribution in [2.45, 2.75) is 44.1 Å². The number of aromatic amines is 1. The maximum Gasteiger partial charge on any atom is 0.401 e. The van der Waals surface area contributed by atoms with Crippen LogP contribution in [0.5, 0.6) is 0 Å². The molecule has 36 heavy (non-hydrogen) atoms. The first-order valence-corrected chi connectivity index (χ1v) is 12.7. The number of alkyl halides is 4. The van der Waals surface area contributed by atoms with Crippen molar-refractivity contribution in [2.24, 2.45) is 0 Å². The number of rotatable bonds is 7. The van der Waals surface area contributed by atoms with Crippen molar-refractivity contribution in [1.29, 1.82) is 0 Å². The molecule has 0 saturated carbocycles. The average molecular weight is 544 g/mol. The van der Waals surface area contributed by atoms with Gasteiger partial charge in [0.2, 0.25) is 0 Å². The largest absolute Gasteiger partial charge is 0.401 e. The minimum absolute atomic E-state index is 0.175. The van der Waals surface area contributed by atoms with Gasteiger partial charge in [0.15, 0.2) is 0 Å². The number of hydrogen-bond donors (Lipinski definition) is 2. The molecule has 2 atom stereocenters. The molecule has 2 N–H and O–H groups in total. The Morgan fingerprint density at radius 2 is 1.89 bits per heavy atom. The summed E-state index contributed by atoms with van der Waals surface area (Å²) in [5.41, 5.74) is 3.71. The fraction of sp³-hybridized carbons (Fsp3) is 0.480. The van der Waals surface area contributed by atoms with Crippen molar-refractivity contribution in [3.05, 3.63) is 57.2 Å². The summed E-state index contributed by atoms with van der Waals surface area (Å²) in [5.74, 6) is 0. The second-order valence-corrected chi connectivity index (χ2v) is 10.5. The number of benzene rings is 2. The maximum atomic E-state index is 13.7. The van der Waals surface area contributed by atoms with E-state index in [9.17, 15) is 17.6 Å². The molecule has 0 unspecified atom stereocenters. The Hall–Kier alpha value is -2.07. The van der Waals surface area contributed by atoms with Gasteiger partial charge in [-0.25, -0.2) is 0 Å². The molecule has 0 bridgehead atoms. The van der Waals surface area contributed by atoms with Crippen LogP contribution in [0.4, 0.5) is 23.2 Å². The molecule has 2 aliphatic heterocycles. The maximum absolute atomic E-state index is 13.7. The molecule has 3 aromatic rings. The van der Waals surface area contributed by atoms with Crippen LogP contribution in [0.25, 0.3) is 10.9 Å². The van der Waals surface area contributed by atoms with E-state index in [0.29, 0.717) is 40.7 Å². The molecule has 3 heterocycles. The fourth-order valence-electron chi connectivity index (χ4n) is 5.49. The van der Waals surface area contributed by atoms with Crippen molar-refractivity contribution in [2.75, 3.05) is 38.2 Å². The highest BCUT2D eigenvalue weighted by molar-refractivity contribution is 6.36. The van der Waals surface area contributed by atoms with E-state index in [-0.39, 0.29) is 12.7 Å². The first-order chi connectivity index (χ1) is 17.1. The fourth-order valence-corrected chi connectivity index (χ4v) is 6.18. The Kier molecular flexibility index (Phi) is 7.11. The molecule has 0 aliphatic carbocycles. The molecular weight excluding hydrogens is 517 g/mol. The molecule has 0 spiro atoms. The van der Waals surface area contributed by atoms with Crippen molar-refractivity contribution < 1.29 is 17.6 Å². The number of nitrogens with one attached hydrogen (secondary N) is 2. The van der Waals surface area contributed by atoms with Gasteiger partial charge in [0.05, 0.1) is 37.0 Å². The number of likely N-dealkylation sites (tertiary alicyclic amines) is 1. The van der Waals surface area contributed by atoms with Gasteiger partial charge >= 0.3 is 6.18 Å². The highest BCUT2D eigenvalue weighted by Crippen LogP contribution is 2.46. The van der Waals surface area contributed by atoms with Gasteiger partial charge in [0, 0.05) is 52.4 Å². The summed E-state index contributed by atoms with van der Waals surface area (Å²) in [7, 11) is 0. The Labute approximate surface area is 216 Å². The predicted molar refractivity (Wildman–Crippen MR) is 135 cm³/mol. The summed E-state index contributed by atoms with van der Waals surface area (Å²) in [6, 6.07) is 6.14. The second kappa shape index (κ2) is 10.0. The van der Waals surface area contributed by atoms with Gasteiger partial charge in [-0.2, -0.15) is 18.3 Å². The quantitative estimate of drug-likeness (QED) is 0.347. The monoisotopic (exact) mass is 543 g/mol. The third-order valence-corrected chi connectivity index (χ3v) is 7.74. The number of aromatic nitrogens is 2. The Balaban J connectivity index is 1.49. The summed E-state index contributed by atoms with van der Waals surface area (Å²) in [5, 5.41) is 11.9. The summed E-state index contributed by atoms with van der Waals surface area (Å²) in [6.07, 6.45) is -1.71. The number of hydrogen-bond acceptors (Lipinski definition) is 4. The van der Waals surface area contributed by atoms with E-state index in [4.69, 9.17) is 23.2 Å². The summed E-state index contributed by atoms with van der Waals surface area (Å²) < 4.78 is 53.5. The molecule has 1 aromatic heterocycles. The number of nitrogens with zero attached hydrogens (tertiary/aromatic N) is 3. The van der Waals surface area contributed by atoms with E-state index in [2.05, 4.69) is 20.4 Å². The highest BCUT2D eigenvalue weighted by atomic mass is 35.5. The zero-order valence-electron chi connectivity index (χ0n) is 19.7. The van der Waals surface area contributed by atoms with Crippen LogP contribution in [0.2, 0.25) is 10.0 Å². The van der Waals surface area contributed by atoms with Crippen LogP contribution in [0.15, 0.2) is 30.5 Å². The number of anilines is 1. The van der Waals surface area contributed by atoms with Gasteiger partial charge in [0.25, 0.3) is 0 Å². The van der Waals surface area contributed by atoms with Gasteiger partial charge < -0.3 is 5.32 Å². The van der Waals surface area contributed by atoms with Gasteiger partial charge in [-0.1, -0.05) is 29.3 Å². The Morgan fingerprint density at radius 3 is 2.56 bits per heavy atom. The lowest BCUT2D eigenvalue weighted by Crippen LogP contribution is -2.54. The Morgan fingerprint density at radius 1 is 1.17 bits per heavy atom. The third-order valence-electron chi connectivity index (χ3n) is 7.11. The van der Waals surface area contributed by atoms with E-state index in [1.54, 1.807) is 25.3 Å². The molecule has 5 rings (SSSR count). The SMILES string of the molecule is C[C@@H]1Cc2c(ccc3[nH]ncc23)[C@@H](c2c(Cl)cc(NC3CN(CCCF)C3)cc2Cl)N1CC(F)(F)F. The van der Waals surface area contributed by atoms with Crippen LogP contribution in [0.1, 0.15) is 36.1 Å². The van der Waals surface area contributed by atoms with E-state index in [1.807, 2.05) is 12.1 Å². The molecule has 0 amide bonds. The van der Waals surface area contributed by atoms with Gasteiger partial charge in [0.1, 0.15) is 0 Å². The molecular formula is C25H27Cl2F4N5. The summed E-state index contributed by atoms with van der Waals surface area (Å²) >= 11 is 13.5. The molecule has 1 fully saturated rings.